The van der Waals surface area contributed by atoms with Gasteiger partial charge in [0.2, 0.25) is 0 Å². The molecule has 26 heavy (non-hydrogen) atoms. The first-order valence-corrected chi connectivity index (χ1v) is 9.54. The molecule has 1 atom stereocenters. The van der Waals surface area contributed by atoms with Gasteiger partial charge in [-0.3, -0.25) is 9.59 Å². The van der Waals surface area contributed by atoms with Crippen LogP contribution < -0.4 is 5.32 Å². The molecule has 1 unspecified atom stereocenters. The van der Waals surface area contributed by atoms with Gasteiger partial charge in [-0.2, -0.15) is 0 Å². The zero-order chi connectivity index (χ0) is 19.3. The van der Waals surface area contributed by atoms with Crippen LogP contribution in [0.25, 0.3) is 0 Å². The number of fused-ring (bicyclic) bond motifs is 1. The fourth-order valence-corrected chi connectivity index (χ4v) is 3.47. The minimum Gasteiger partial charge on any atom is -0.452 e. The Morgan fingerprint density at radius 2 is 2.08 bits per heavy atom. The number of nitrogens with zero attached hydrogens (tertiary/aromatic N) is 1. The van der Waals surface area contributed by atoms with Crippen molar-refractivity contribution in [2.24, 2.45) is 0 Å². The van der Waals surface area contributed by atoms with Crippen molar-refractivity contribution in [3.63, 3.8) is 0 Å². The minimum absolute atomic E-state index is 0.0223. The van der Waals surface area contributed by atoms with Gasteiger partial charge in [-0.1, -0.05) is 0 Å². The summed E-state index contributed by atoms with van der Waals surface area (Å²) >= 11 is 1.70. The van der Waals surface area contributed by atoms with E-state index in [1.54, 1.807) is 43.9 Å². The number of carbonyl (C=O) groups is 3. The maximum atomic E-state index is 12.5. The molecule has 0 spiro atoms. The Hall–Kier alpha value is -2.09. The molecule has 2 rings (SSSR count). The van der Waals surface area contributed by atoms with Crippen LogP contribution in [0.3, 0.4) is 0 Å². The van der Waals surface area contributed by atoms with Gasteiger partial charge in [-0.25, -0.2) is 4.79 Å². The lowest BCUT2D eigenvalue weighted by Crippen LogP contribution is -2.42. The normalized spacial score (nSPS) is 15.0. The largest absolute Gasteiger partial charge is 0.452 e. The van der Waals surface area contributed by atoms with E-state index < -0.39 is 23.8 Å². The molecule has 2 heterocycles. The van der Waals surface area contributed by atoms with Crippen LogP contribution in [0.15, 0.2) is 11.4 Å². The molecule has 1 aromatic heterocycles. The molecule has 0 bridgehead atoms. The Morgan fingerprint density at radius 3 is 2.77 bits per heavy atom. The number of carbonyl (C=O) groups excluding carboxylic acids is 3. The summed E-state index contributed by atoms with van der Waals surface area (Å²) in [6.45, 7) is 8.13. The molecule has 0 saturated heterocycles. The summed E-state index contributed by atoms with van der Waals surface area (Å²) in [5.74, 6) is -0.731. The summed E-state index contributed by atoms with van der Waals surface area (Å²) in [6.07, 6.45) is -0.622. The summed E-state index contributed by atoms with van der Waals surface area (Å²) in [5.41, 5.74) is 0.567. The first-order valence-electron chi connectivity index (χ1n) is 8.66. The Kier molecular flexibility index (Phi) is 6.63. The smallest absolute Gasteiger partial charge is 0.407 e. The van der Waals surface area contributed by atoms with Gasteiger partial charge >= 0.3 is 12.1 Å². The lowest BCUT2D eigenvalue weighted by atomic mass is 10.1. The van der Waals surface area contributed by atoms with Crippen LogP contribution in [0.1, 0.15) is 44.6 Å². The third-order valence-electron chi connectivity index (χ3n) is 3.77. The van der Waals surface area contributed by atoms with Crippen molar-refractivity contribution in [3.05, 3.63) is 21.9 Å². The van der Waals surface area contributed by atoms with Crippen molar-refractivity contribution in [3.8, 4) is 0 Å². The van der Waals surface area contributed by atoms with Crippen molar-refractivity contribution in [2.45, 2.75) is 58.8 Å². The van der Waals surface area contributed by atoms with Crippen LogP contribution in [-0.2, 0) is 32.0 Å². The van der Waals surface area contributed by atoms with Gasteiger partial charge in [-0.15, -0.1) is 11.3 Å². The van der Waals surface area contributed by atoms with E-state index in [1.807, 2.05) is 11.4 Å². The molecule has 8 heteroatoms. The van der Waals surface area contributed by atoms with Crippen LogP contribution in [0, 0.1) is 0 Å². The van der Waals surface area contributed by atoms with Crippen molar-refractivity contribution >= 4 is 29.3 Å². The van der Waals surface area contributed by atoms with E-state index in [1.165, 1.54) is 4.88 Å². The number of amides is 2. The molecule has 1 aromatic rings. The Balaban J connectivity index is 1.71. The standard InChI is InChI=1S/C18H26N2O5S/c1-12(16(22)20-9-6-14-13(11-20)7-10-26-14)24-15(21)5-8-19-17(23)25-18(2,3)4/h7,10,12H,5-6,8-9,11H2,1-4H3,(H,19,23). The van der Waals surface area contributed by atoms with Gasteiger partial charge in [0.25, 0.3) is 5.91 Å². The fraction of sp³-hybridized carbons (Fsp3) is 0.611. The van der Waals surface area contributed by atoms with Crippen molar-refractivity contribution in [2.75, 3.05) is 13.1 Å². The van der Waals surface area contributed by atoms with E-state index >= 15 is 0 Å². The van der Waals surface area contributed by atoms with Crippen LogP contribution >= 0.6 is 11.3 Å². The second kappa shape index (κ2) is 8.53. The Labute approximate surface area is 157 Å². The monoisotopic (exact) mass is 382 g/mol. The molecule has 144 valence electrons. The highest BCUT2D eigenvalue weighted by Crippen LogP contribution is 2.24. The number of alkyl carbamates (subject to hydrolysis) is 1. The van der Waals surface area contributed by atoms with Crippen LogP contribution in [0.5, 0.6) is 0 Å². The maximum Gasteiger partial charge on any atom is 0.407 e. The predicted molar refractivity (Wildman–Crippen MR) is 97.8 cm³/mol. The number of rotatable bonds is 5. The van der Waals surface area contributed by atoms with Crippen molar-refractivity contribution in [1.82, 2.24) is 10.2 Å². The third kappa shape index (κ3) is 6.01. The van der Waals surface area contributed by atoms with Gasteiger partial charge in [-0.05, 0) is 51.1 Å². The average Bonchev–Trinajstić information content (AvgIpc) is 2.99. The molecule has 1 aliphatic rings. The van der Waals surface area contributed by atoms with E-state index in [9.17, 15) is 14.4 Å². The van der Waals surface area contributed by atoms with Gasteiger partial charge in [0, 0.05) is 24.5 Å². The maximum absolute atomic E-state index is 12.5. The highest BCUT2D eigenvalue weighted by molar-refractivity contribution is 7.10. The van der Waals surface area contributed by atoms with Crippen LogP contribution in [-0.4, -0.2) is 47.7 Å². The second-order valence-corrected chi connectivity index (χ2v) is 8.19. The molecule has 1 aliphatic heterocycles. The number of hydrogen-bond donors (Lipinski definition) is 1. The summed E-state index contributed by atoms with van der Waals surface area (Å²) in [5, 5.41) is 4.52. The van der Waals surface area contributed by atoms with Crippen molar-refractivity contribution in [1.29, 1.82) is 0 Å². The van der Waals surface area contributed by atoms with Gasteiger partial charge in [0.15, 0.2) is 6.10 Å². The summed E-state index contributed by atoms with van der Waals surface area (Å²) in [7, 11) is 0. The summed E-state index contributed by atoms with van der Waals surface area (Å²) in [4.78, 5) is 38.9. The molecular formula is C18H26N2O5S. The zero-order valence-electron chi connectivity index (χ0n) is 15.7. The zero-order valence-corrected chi connectivity index (χ0v) is 16.5. The summed E-state index contributed by atoms with van der Waals surface area (Å²) < 4.78 is 10.3. The van der Waals surface area contributed by atoms with E-state index in [-0.39, 0.29) is 18.9 Å². The number of ether oxygens (including phenoxy) is 2. The highest BCUT2D eigenvalue weighted by atomic mass is 32.1. The SMILES string of the molecule is CC(OC(=O)CCNC(=O)OC(C)(C)C)C(=O)N1CCc2sccc2C1. The number of thiophene rings is 1. The fourth-order valence-electron chi connectivity index (χ4n) is 2.58. The average molecular weight is 382 g/mol. The summed E-state index contributed by atoms with van der Waals surface area (Å²) in [6, 6.07) is 2.03. The van der Waals surface area contributed by atoms with E-state index in [4.69, 9.17) is 9.47 Å². The third-order valence-corrected chi connectivity index (χ3v) is 4.80. The van der Waals surface area contributed by atoms with Crippen molar-refractivity contribution < 1.29 is 23.9 Å². The van der Waals surface area contributed by atoms with Gasteiger partial charge in [0.05, 0.1) is 6.42 Å². The quantitative estimate of drug-likeness (QED) is 0.791. The molecule has 0 saturated carbocycles. The molecule has 2 amide bonds. The molecular weight excluding hydrogens is 356 g/mol. The van der Waals surface area contributed by atoms with Crippen LogP contribution in [0.4, 0.5) is 4.79 Å². The molecule has 0 aromatic carbocycles. The molecule has 1 N–H and O–H groups in total. The predicted octanol–water partition coefficient (Wildman–Crippen LogP) is 2.48. The van der Waals surface area contributed by atoms with E-state index in [0.29, 0.717) is 13.1 Å². The molecule has 0 aliphatic carbocycles. The highest BCUT2D eigenvalue weighted by Gasteiger charge is 2.27. The van der Waals surface area contributed by atoms with Gasteiger partial charge in [0.1, 0.15) is 5.60 Å². The lowest BCUT2D eigenvalue weighted by Gasteiger charge is -2.29. The molecule has 0 radical (unpaired) electrons. The number of esters is 1. The minimum atomic E-state index is -0.843. The second-order valence-electron chi connectivity index (χ2n) is 7.19. The lowest BCUT2D eigenvalue weighted by molar-refractivity contribution is -0.159. The molecule has 0 fully saturated rings. The molecule has 7 nitrogen and oxygen atoms in total. The first-order chi connectivity index (χ1) is 12.2. The van der Waals surface area contributed by atoms with E-state index in [2.05, 4.69) is 5.32 Å². The topological polar surface area (TPSA) is 84.9 Å². The van der Waals surface area contributed by atoms with Crippen LogP contribution in [0.2, 0.25) is 0 Å². The van der Waals surface area contributed by atoms with Gasteiger partial charge < -0.3 is 19.7 Å². The first kappa shape index (κ1) is 20.2. The Morgan fingerprint density at radius 1 is 1.35 bits per heavy atom. The number of hydrogen-bond acceptors (Lipinski definition) is 6. The number of nitrogens with one attached hydrogen (secondary N) is 1. The Bertz CT molecular complexity index is 665. The van der Waals surface area contributed by atoms with E-state index in [0.717, 1.165) is 12.0 Å².